The van der Waals surface area contributed by atoms with Gasteiger partial charge in [-0.2, -0.15) is 0 Å². The lowest BCUT2D eigenvalue weighted by atomic mass is 9.94. The molecule has 1 aromatic heterocycles. The van der Waals surface area contributed by atoms with Crippen LogP contribution in [-0.2, 0) is 16.1 Å². The maximum Gasteiger partial charge on any atom is 0.248 e. The summed E-state index contributed by atoms with van der Waals surface area (Å²) in [5.41, 5.74) is 2.06. The molecule has 1 saturated heterocycles. The zero-order chi connectivity index (χ0) is 14.3. The van der Waals surface area contributed by atoms with E-state index in [9.17, 15) is 9.59 Å². The summed E-state index contributed by atoms with van der Waals surface area (Å²) in [6, 6.07) is 0. The lowest BCUT2D eigenvalue weighted by molar-refractivity contribution is -0.139. The summed E-state index contributed by atoms with van der Waals surface area (Å²) in [6.07, 6.45) is 2.43. The van der Waals surface area contributed by atoms with E-state index in [1.165, 1.54) is 0 Å². The Morgan fingerprint density at radius 2 is 2.25 bits per heavy atom. The van der Waals surface area contributed by atoms with Crippen LogP contribution in [0.15, 0.2) is 5.51 Å². The molecule has 0 radical (unpaired) electrons. The molecule has 1 unspecified atom stereocenters. The number of aromatic nitrogens is 1. The topological polar surface area (TPSA) is 62.3 Å². The fourth-order valence-corrected chi connectivity index (χ4v) is 3.60. The molecule has 3 rings (SSSR count). The molecule has 1 saturated carbocycles. The van der Waals surface area contributed by atoms with Gasteiger partial charge in [-0.1, -0.05) is 0 Å². The van der Waals surface area contributed by atoms with Gasteiger partial charge in [0, 0.05) is 17.8 Å². The third-order valence-corrected chi connectivity index (χ3v) is 5.23. The van der Waals surface area contributed by atoms with E-state index in [1.807, 2.05) is 18.7 Å². The molecule has 108 valence electrons. The summed E-state index contributed by atoms with van der Waals surface area (Å²) in [5, 5.41) is 2.95. The summed E-state index contributed by atoms with van der Waals surface area (Å²) in [5.74, 6) is 0.331. The van der Waals surface area contributed by atoms with Gasteiger partial charge in [-0.25, -0.2) is 4.98 Å². The predicted molar refractivity (Wildman–Crippen MR) is 76.2 cm³/mol. The van der Waals surface area contributed by atoms with E-state index < -0.39 is 5.54 Å². The molecule has 1 aliphatic carbocycles. The van der Waals surface area contributed by atoms with Gasteiger partial charge in [-0.05, 0) is 32.6 Å². The van der Waals surface area contributed by atoms with Crippen molar-refractivity contribution in [1.82, 2.24) is 15.2 Å². The van der Waals surface area contributed by atoms with Crippen LogP contribution >= 0.6 is 11.3 Å². The van der Waals surface area contributed by atoms with Crippen LogP contribution < -0.4 is 5.32 Å². The van der Waals surface area contributed by atoms with Crippen LogP contribution in [0.2, 0.25) is 0 Å². The van der Waals surface area contributed by atoms with Crippen LogP contribution in [0, 0.1) is 12.8 Å². The Morgan fingerprint density at radius 1 is 1.50 bits per heavy atom. The van der Waals surface area contributed by atoms with Gasteiger partial charge < -0.3 is 10.2 Å². The minimum absolute atomic E-state index is 0.0173. The van der Waals surface area contributed by atoms with Gasteiger partial charge in [0.25, 0.3) is 0 Å². The highest BCUT2D eigenvalue weighted by Gasteiger charge is 2.51. The van der Waals surface area contributed by atoms with E-state index in [-0.39, 0.29) is 11.8 Å². The fraction of sp³-hybridized carbons (Fsp3) is 0.643. The standard InChI is InChI=1S/C14H19N3O2S/c1-9-11(20-8-15-9)7-17-6-5-12(18)16-14(2,13(17)19)10-3-4-10/h8,10H,3-7H2,1-2H3,(H,16,18). The van der Waals surface area contributed by atoms with Crippen LogP contribution in [0.3, 0.4) is 0 Å². The Hall–Kier alpha value is -1.43. The monoisotopic (exact) mass is 293 g/mol. The highest BCUT2D eigenvalue weighted by atomic mass is 32.1. The second-order valence-electron chi connectivity index (χ2n) is 5.86. The third kappa shape index (κ3) is 2.32. The Balaban J connectivity index is 1.84. The van der Waals surface area contributed by atoms with Crippen molar-refractivity contribution in [3.8, 4) is 0 Å². The number of carbonyl (C=O) groups excluding carboxylic acids is 2. The second kappa shape index (κ2) is 4.84. The molecule has 2 heterocycles. The summed E-state index contributed by atoms with van der Waals surface area (Å²) in [7, 11) is 0. The molecule has 2 aliphatic rings. The Kier molecular flexibility index (Phi) is 3.28. The van der Waals surface area contributed by atoms with Gasteiger partial charge >= 0.3 is 0 Å². The first-order valence-corrected chi connectivity index (χ1v) is 7.88. The molecule has 1 aromatic rings. The molecular formula is C14H19N3O2S. The molecular weight excluding hydrogens is 274 g/mol. The minimum atomic E-state index is -0.716. The number of rotatable bonds is 3. The number of aryl methyl sites for hydroxylation is 1. The van der Waals surface area contributed by atoms with E-state index in [2.05, 4.69) is 10.3 Å². The van der Waals surface area contributed by atoms with Crippen LogP contribution in [0.4, 0.5) is 0 Å². The molecule has 0 spiro atoms. The van der Waals surface area contributed by atoms with Gasteiger partial charge in [0.05, 0.1) is 17.7 Å². The van der Waals surface area contributed by atoms with Crippen LogP contribution in [0.1, 0.15) is 36.8 Å². The fourth-order valence-electron chi connectivity index (χ4n) is 2.81. The summed E-state index contributed by atoms with van der Waals surface area (Å²) in [6.45, 7) is 4.89. The van der Waals surface area contributed by atoms with Crippen molar-refractivity contribution in [3.63, 3.8) is 0 Å². The maximum absolute atomic E-state index is 12.8. The SMILES string of the molecule is Cc1ncsc1CN1CCC(=O)NC(C)(C2CC2)C1=O. The predicted octanol–water partition coefficient (Wildman–Crippen LogP) is 1.47. The summed E-state index contributed by atoms with van der Waals surface area (Å²) >= 11 is 1.57. The number of hydrogen-bond donors (Lipinski definition) is 1. The van der Waals surface area contributed by atoms with Gasteiger partial charge in [-0.15, -0.1) is 11.3 Å². The molecule has 1 aliphatic heterocycles. The third-order valence-electron chi connectivity index (χ3n) is 4.31. The minimum Gasteiger partial charge on any atom is -0.342 e. The van der Waals surface area contributed by atoms with Gasteiger partial charge in [0.2, 0.25) is 11.8 Å². The van der Waals surface area contributed by atoms with Crippen LogP contribution in [0.5, 0.6) is 0 Å². The smallest absolute Gasteiger partial charge is 0.248 e. The average Bonchev–Trinajstić information content (AvgIpc) is 3.19. The number of thiazole rings is 1. The Morgan fingerprint density at radius 3 is 2.85 bits per heavy atom. The van der Waals surface area contributed by atoms with E-state index in [0.717, 1.165) is 23.4 Å². The second-order valence-corrected chi connectivity index (χ2v) is 6.80. The first-order chi connectivity index (χ1) is 9.50. The summed E-state index contributed by atoms with van der Waals surface area (Å²) in [4.78, 5) is 31.9. The van der Waals surface area contributed by atoms with Gasteiger partial charge in [0.1, 0.15) is 5.54 Å². The number of hydrogen-bond acceptors (Lipinski definition) is 4. The zero-order valence-electron chi connectivity index (χ0n) is 11.8. The molecule has 1 N–H and O–H groups in total. The Labute approximate surface area is 122 Å². The molecule has 2 fully saturated rings. The van der Waals surface area contributed by atoms with Gasteiger partial charge in [0.15, 0.2) is 0 Å². The number of amides is 2. The molecule has 20 heavy (non-hydrogen) atoms. The maximum atomic E-state index is 12.8. The van der Waals surface area contributed by atoms with Crippen molar-refractivity contribution in [1.29, 1.82) is 0 Å². The molecule has 1 atom stereocenters. The number of nitrogens with zero attached hydrogens (tertiary/aromatic N) is 2. The normalized spacial score (nSPS) is 27.4. The first kappa shape index (κ1) is 13.5. The molecule has 0 bridgehead atoms. The molecule has 6 heteroatoms. The number of carbonyl (C=O) groups is 2. The van der Waals surface area contributed by atoms with Gasteiger partial charge in [-0.3, -0.25) is 9.59 Å². The lowest BCUT2D eigenvalue weighted by Crippen LogP contribution is -2.56. The van der Waals surface area contributed by atoms with Crippen molar-refractivity contribution < 1.29 is 9.59 Å². The van der Waals surface area contributed by atoms with E-state index in [4.69, 9.17) is 0 Å². The van der Waals surface area contributed by atoms with E-state index in [1.54, 1.807) is 16.8 Å². The quantitative estimate of drug-likeness (QED) is 0.918. The number of nitrogens with one attached hydrogen (secondary N) is 1. The highest BCUT2D eigenvalue weighted by molar-refractivity contribution is 7.09. The van der Waals surface area contributed by atoms with E-state index >= 15 is 0 Å². The summed E-state index contributed by atoms with van der Waals surface area (Å²) < 4.78 is 0. The first-order valence-electron chi connectivity index (χ1n) is 7.00. The van der Waals surface area contributed by atoms with Crippen molar-refractivity contribution in [2.45, 2.75) is 45.2 Å². The molecule has 5 nitrogen and oxygen atoms in total. The molecule has 0 aromatic carbocycles. The van der Waals surface area contributed by atoms with Crippen molar-refractivity contribution in [2.75, 3.05) is 6.54 Å². The van der Waals surface area contributed by atoms with E-state index in [0.29, 0.717) is 25.4 Å². The average molecular weight is 293 g/mol. The van der Waals surface area contributed by atoms with Crippen LogP contribution in [0.25, 0.3) is 0 Å². The van der Waals surface area contributed by atoms with Crippen molar-refractivity contribution >= 4 is 23.2 Å². The highest BCUT2D eigenvalue weighted by Crippen LogP contribution is 2.41. The van der Waals surface area contributed by atoms with Crippen molar-refractivity contribution in [3.05, 3.63) is 16.1 Å². The van der Waals surface area contributed by atoms with Crippen LogP contribution in [-0.4, -0.2) is 33.8 Å². The Bertz CT molecular complexity index is 552. The zero-order valence-corrected chi connectivity index (χ0v) is 12.6. The molecule has 2 amide bonds. The lowest BCUT2D eigenvalue weighted by Gasteiger charge is -2.32. The largest absolute Gasteiger partial charge is 0.342 e. The van der Waals surface area contributed by atoms with Crippen molar-refractivity contribution in [2.24, 2.45) is 5.92 Å².